The van der Waals surface area contributed by atoms with E-state index in [0.717, 1.165) is 8.95 Å². The summed E-state index contributed by atoms with van der Waals surface area (Å²) in [5.41, 5.74) is 2.45. The molecule has 1 aliphatic rings. The molecule has 0 aliphatic carbocycles. The normalized spacial score (nSPS) is 24.8. The molecule has 1 aromatic carbocycles. The standard InChI is InChI=1S/C12H15Br2NS/c1-7-5-9(13)12(10(14)6-7)15-11-3-4-16-8(11)2/h5-6,8,11,15H,3-4H2,1-2H3. The topological polar surface area (TPSA) is 12.0 Å². The van der Waals surface area contributed by atoms with Crippen LogP contribution < -0.4 is 5.32 Å². The maximum absolute atomic E-state index is 3.64. The number of nitrogens with one attached hydrogen (secondary N) is 1. The molecule has 0 amide bonds. The zero-order chi connectivity index (χ0) is 11.7. The predicted octanol–water partition coefficient (Wildman–Crippen LogP) is 4.83. The van der Waals surface area contributed by atoms with Crippen molar-refractivity contribution in [3.05, 3.63) is 26.6 Å². The van der Waals surface area contributed by atoms with Gasteiger partial charge >= 0.3 is 0 Å². The molecule has 2 rings (SSSR count). The Labute approximate surface area is 118 Å². The Morgan fingerprint density at radius 2 is 1.94 bits per heavy atom. The van der Waals surface area contributed by atoms with Gasteiger partial charge in [-0.15, -0.1) is 0 Å². The van der Waals surface area contributed by atoms with Gasteiger partial charge in [-0.2, -0.15) is 11.8 Å². The Kier molecular flexibility index (Phi) is 4.25. The van der Waals surface area contributed by atoms with Crippen LogP contribution in [0.1, 0.15) is 18.9 Å². The van der Waals surface area contributed by atoms with Crippen LogP contribution in [0.4, 0.5) is 5.69 Å². The predicted molar refractivity (Wildman–Crippen MR) is 80.5 cm³/mol. The summed E-state index contributed by atoms with van der Waals surface area (Å²) in [6, 6.07) is 4.89. The van der Waals surface area contributed by atoms with Crippen LogP contribution in [0.15, 0.2) is 21.1 Å². The van der Waals surface area contributed by atoms with Crippen molar-refractivity contribution in [2.75, 3.05) is 11.1 Å². The highest BCUT2D eigenvalue weighted by Gasteiger charge is 2.24. The van der Waals surface area contributed by atoms with Gasteiger partial charge in [-0.1, -0.05) is 6.92 Å². The molecule has 1 aromatic rings. The fraction of sp³-hybridized carbons (Fsp3) is 0.500. The first-order valence-corrected chi connectivity index (χ1v) is 8.05. The number of hydrogen-bond donors (Lipinski definition) is 1. The largest absolute Gasteiger partial charge is 0.379 e. The smallest absolute Gasteiger partial charge is 0.0631 e. The molecule has 1 aliphatic heterocycles. The molecule has 0 saturated carbocycles. The van der Waals surface area contributed by atoms with Gasteiger partial charge in [-0.05, 0) is 68.7 Å². The molecular weight excluding hydrogens is 350 g/mol. The average molecular weight is 365 g/mol. The van der Waals surface area contributed by atoms with E-state index in [9.17, 15) is 0 Å². The molecule has 0 bridgehead atoms. The van der Waals surface area contributed by atoms with E-state index in [-0.39, 0.29) is 0 Å². The first kappa shape index (κ1) is 12.8. The summed E-state index contributed by atoms with van der Waals surface area (Å²) in [6.07, 6.45) is 1.25. The molecule has 0 radical (unpaired) electrons. The highest BCUT2D eigenvalue weighted by atomic mass is 79.9. The maximum Gasteiger partial charge on any atom is 0.0631 e. The van der Waals surface area contributed by atoms with Gasteiger partial charge in [0, 0.05) is 20.2 Å². The number of halogens is 2. The quantitative estimate of drug-likeness (QED) is 0.806. The minimum atomic E-state index is 0.584. The minimum Gasteiger partial charge on any atom is -0.379 e. The second-order valence-corrected chi connectivity index (χ2v) is 7.41. The molecule has 1 fully saturated rings. The third-order valence-corrected chi connectivity index (χ3v) is 5.47. The minimum absolute atomic E-state index is 0.584. The summed E-state index contributed by atoms with van der Waals surface area (Å²) in [4.78, 5) is 0. The van der Waals surface area contributed by atoms with Crippen LogP contribution in [0.3, 0.4) is 0 Å². The van der Waals surface area contributed by atoms with Gasteiger partial charge in [0.2, 0.25) is 0 Å². The van der Waals surface area contributed by atoms with Gasteiger partial charge in [-0.3, -0.25) is 0 Å². The van der Waals surface area contributed by atoms with Crippen LogP contribution in [0.5, 0.6) is 0 Å². The summed E-state index contributed by atoms with van der Waals surface area (Å²) in [5.74, 6) is 1.26. The number of anilines is 1. The summed E-state index contributed by atoms with van der Waals surface area (Å²) in [6.45, 7) is 4.40. The molecule has 1 nitrogen and oxygen atoms in total. The number of hydrogen-bond acceptors (Lipinski definition) is 2. The Hall–Kier alpha value is 0.330. The Morgan fingerprint density at radius 1 is 1.31 bits per heavy atom. The average Bonchev–Trinajstić information content (AvgIpc) is 2.57. The van der Waals surface area contributed by atoms with E-state index < -0.39 is 0 Å². The van der Waals surface area contributed by atoms with Gasteiger partial charge in [0.1, 0.15) is 0 Å². The third-order valence-electron chi connectivity index (χ3n) is 2.89. The highest BCUT2D eigenvalue weighted by Crippen LogP contribution is 2.36. The van der Waals surface area contributed by atoms with Crippen molar-refractivity contribution in [2.45, 2.75) is 31.6 Å². The zero-order valence-electron chi connectivity index (χ0n) is 9.39. The van der Waals surface area contributed by atoms with E-state index in [1.165, 1.54) is 23.4 Å². The van der Waals surface area contributed by atoms with Crippen molar-refractivity contribution < 1.29 is 0 Å². The molecule has 1 saturated heterocycles. The lowest BCUT2D eigenvalue weighted by Crippen LogP contribution is -2.25. The molecule has 16 heavy (non-hydrogen) atoms. The van der Waals surface area contributed by atoms with Gasteiger partial charge in [0.05, 0.1) is 5.69 Å². The fourth-order valence-corrected chi connectivity index (χ4v) is 4.79. The Balaban J connectivity index is 2.21. The van der Waals surface area contributed by atoms with E-state index in [1.54, 1.807) is 0 Å². The van der Waals surface area contributed by atoms with Crippen LogP contribution in [0.2, 0.25) is 0 Å². The van der Waals surface area contributed by atoms with Gasteiger partial charge in [0.15, 0.2) is 0 Å². The van der Waals surface area contributed by atoms with Crippen LogP contribution >= 0.6 is 43.6 Å². The maximum atomic E-state index is 3.64. The van der Waals surface area contributed by atoms with Crippen molar-refractivity contribution in [2.24, 2.45) is 0 Å². The second kappa shape index (κ2) is 5.32. The molecule has 0 aromatic heterocycles. The fourth-order valence-electron chi connectivity index (χ4n) is 1.94. The molecule has 4 heteroatoms. The van der Waals surface area contributed by atoms with E-state index in [0.29, 0.717) is 11.3 Å². The van der Waals surface area contributed by atoms with E-state index >= 15 is 0 Å². The summed E-state index contributed by atoms with van der Waals surface area (Å²) < 4.78 is 2.28. The third kappa shape index (κ3) is 2.77. The van der Waals surface area contributed by atoms with Crippen molar-refractivity contribution in [3.8, 4) is 0 Å². The zero-order valence-corrected chi connectivity index (χ0v) is 13.4. The molecule has 2 unspecified atom stereocenters. The van der Waals surface area contributed by atoms with Crippen LogP contribution in [0.25, 0.3) is 0 Å². The molecule has 1 heterocycles. The number of thioether (sulfide) groups is 1. The van der Waals surface area contributed by atoms with Crippen LogP contribution in [-0.4, -0.2) is 17.0 Å². The molecule has 2 atom stereocenters. The van der Waals surface area contributed by atoms with Gasteiger partial charge in [0.25, 0.3) is 0 Å². The van der Waals surface area contributed by atoms with Crippen molar-refractivity contribution in [1.82, 2.24) is 0 Å². The summed E-state index contributed by atoms with van der Waals surface area (Å²) >= 11 is 9.30. The van der Waals surface area contributed by atoms with Gasteiger partial charge in [-0.25, -0.2) is 0 Å². The van der Waals surface area contributed by atoms with E-state index in [1.807, 2.05) is 11.8 Å². The SMILES string of the molecule is Cc1cc(Br)c(NC2CCSC2C)c(Br)c1. The molecule has 1 N–H and O–H groups in total. The lowest BCUT2D eigenvalue weighted by Gasteiger charge is -2.20. The summed E-state index contributed by atoms with van der Waals surface area (Å²) in [5, 5.41) is 4.33. The number of benzene rings is 1. The molecule has 0 spiro atoms. The Morgan fingerprint density at radius 3 is 2.44 bits per heavy atom. The lowest BCUT2D eigenvalue weighted by atomic mass is 10.1. The molecular formula is C12H15Br2NS. The van der Waals surface area contributed by atoms with Crippen molar-refractivity contribution >= 4 is 49.3 Å². The lowest BCUT2D eigenvalue weighted by molar-refractivity contribution is 0.723. The van der Waals surface area contributed by atoms with Crippen LogP contribution in [-0.2, 0) is 0 Å². The van der Waals surface area contributed by atoms with E-state index in [2.05, 4.69) is 63.2 Å². The highest BCUT2D eigenvalue weighted by molar-refractivity contribution is 9.11. The van der Waals surface area contributed by atoms with E-state index in [4.69, 9.17) is 0 Å². The second-order valence-electron chi connectivity index (χ2n) is 4.22. The van der Waals surface area contributed by atoms with Crippen molar-refractivity contribution in [1.29, 1.82) is 0 Å². The number of rotatable bonds is 2. The number of aryl methyl sites for hydroxylation is 1. The van der Waals surface area contributed by atoms with Crippen molar-refractivity contribution in [3.63, 3.8) is 0 Å². The summed E-state index contributed by atoms with van der Waals surface area (Å²) in [7, 11) is 0. The first-order chi connectivity index (χ1) is 7.58. The first-order valence-electron chi connectivity index (χ1n) is 5.41. The van der Waals surface area contributed by atoms with Gasteiger partial charge < -0.3 is 5.32 Å². The Bertz CT molecular complexity index is 372. The molecule has 88 valence electrons. The monoisotopic (exact) mass is 363 g/mol. The van der Waals surface area contributed by atoms with Crippen LogP contribution in [0, 0.1) is 6.92 Å².